The molecular formula is C21H23NO5S. The highest BCUT2D eigenvalue weighted by Crippen LogP contribution is 2.42. The number of aryl methyl sites for hydroxylation is 1. The molecule has 0 amide bonds. The lowest BCUT2D eigenvalue weighted by Crippen LogP contribution is -2.38. The number of hydrogen-bond donors (Lipinski definition) is 1. The van der Waals surface area contributed by atoms with Crippen molar-refractivity contribution in [3.8, 4) is 5.75 Å². The van der Waals surface area contributed by atoms with Gasteiger partial charge in [-0.3, -0.25) is 0 Å². The lowest BCUT2D eigenvalue weighted by molar-refractivity contribution is -0.133. The third kappa shape index (κ3) is 3.55. The third-order valence-electron chi connectivity index (χ3n) is 4.92. The quantitative estimate of drug-likeness (QED) is 0.800. The van der Waals surface area contributed by atoms with E-state index in [1.165, 1.54) is 17.5 Å². The monoisotopic (exact) mass is 401 g/mol. The zero-order valence-electron chi connectivity index (χ0n) is 16.0. The molecule has 7 heteroatoms. The van der Waals surface area contributed by atoms with E-state index in [0.29, 0.717) is 17.7 Å². The molecule has 1 N–H and O–H groups in total. The maximum absolute atomic E-state index is 13.5. The van der Waals surface area contributed by atoms with Gasteiger partial charge in [0.2, 0.25) is 10.0 Å². The summed E-state index contributed by atoms with van der Waals surface area (Å²) >= 11 is 0. The van der Waals surface area contributed by atoms with E-state index >= 15 is 0 Å². The average Bonchev–Trinajstić information content (AvgIpc) is 3.09. The first kappa shape index (κ1) is 20.1. The van der Waals surface area contributed by atoms with Crippen LogP contribution in [0.2, 0.25) is 0 Å². The Morgan fingerprint density at radius 3 is 2.43 bits per heavy atom. The predicted molar refractivity (Wildman–Crippen MR) is 106 cm³/mol. The van der Waals surface area contributed by atoms with Crippen molar-refractivity contribution >= 4 is 16.0 Å². The first-order valence-corrected chi connectivity index (χ1v) is 10.4. The smallest absolute Gasteiger partial charge is 0.333 e. The molecule has 1 aliphatic rings. The van der Waals surface area contributed by atoms with Crippen molar-refractivity contribution < 1.29 is 23.1 Å². The van der Waals surface area contributed by atoms with E-state index in [1.54, 1.807) is 48.5 Å². The Morgan fingerprint density at radius 1 is 1.18 bits per heavy atom. The van der Waals surface area contributed by atoms with Gasteiger partial charge < -0.3 is 9.84 Å². The van der Waals surface area contributed by atoms with Gasteiger partial charge in [0, 0.05) is 6.04 Å². The van der Waals surface area contributed by atoms with Crippen LogP contribution in [0.25, 0.3) is 0 Å². The number of sulfonamides is 1. The van der Waals surface area contributed by atoms with Crippen molar-refractivity contribution in [3.63, 3.8) is 0 Å². The summed E-state index contributed by atoms with van der Waals surface area (Å²) in [5.74, 6) is -0.595. The van der Waals surface area contributed by atoms with Crippen LogP contribution in [0, 0.1) is 6.92 Å². The van der Waals surface area contributed by atoms with Crippen molar-refractivity contribution in [1.82, 2.24) is 4.31 Å². The second-order valence-electron chi connectivity index (χ2n) is 6.73. The number of carbonyl (C=O) groups is 1. The van der Waals surface area contributed by atoms with Gasteiger partial charge in [-0.25, -0.2) is 13.2 Å². The van der Waals surface area contributed by atoms with E-state index < -0.39 is 28.1 Å². The molecule has 1 heterocycles. The molecule has 2 atom stereocenters. The second-order valence-corrected chi connectivity index (χ2v) is 8.57. The van der Waals surface area contributed by atoms with Crippen LogP contribution in [0.4, 0.5) is 0 Å². The molecule has 6 nitrogen and oxygen atoms in total. The van der Waals surface area contributed by atoms with Crippen LogP contribution >= 0.6 is 0 Å². The topological polar surface area (TPSA) is 83.9 Å². The van der Waals surface area contributed by atoms with Crippen molar-refractivity contribution in [1.29, 1.82) is 0 Å². The summed E-state index contributed by atoms with van der Waals surface area (Å²) < 4.78 is 33.5. The number of ether oxygens (including phenoxy) is 1. The second kappa shape index (κ2) is 7.77. The maximum Gasteiger partial charge on any atom is 0.333 e. The maximum atomic E-state index is 13.5. The number of methoxy groups -OCH3 is 1. The van der Waals surface area contributed by atoms with Gasteiger partial charge in [-0.1, -0.05) is 42.8 Å². The minimum atomic E-state index is -3.92. The Bertz CT molecular complexity index is 1010. The largest absolute Gasteiger partial charge is 0.497 e. The molecule has 0 fully saturated rings. The molecule has 0 aromatic heterocycles. The fourth-order valence-corrected chi connectivity index (χ4v) is 5.28. The molecular weight excluding hydrogens is 378 g/mol. The van der Waals surface area contributed by atoms with E-state index in [1.807, 2.05) is 13.8 Å². The molecule has 0 saturated carbocycles. The SMILES string of the molecule is CC[C@H]1C=C(C(=O)O)[C@@H](c2cccc(OC)c2)N1S(=O)(=O)c1ccc(C)cc1. The van der Waals surface area contributed by atoms with Gasteiger partial charge in [-0.2, -0.15) is 4.31 Å². The standard InChI is InChI=1S/C21H23NO5S/c1-4-16-13-19(21(23)24)20(15-6-5-7-17(12-15)27-3)22(16)28(25,26)18-10-8-14(2)9-11-18/h5-13,16,20H,4H2,1-3H3,(H,23,24)/t16-,20+/m0/s1. The minimum Gasteiger partial charge on any atom is -0.497 e. The lowest BCUT2D eigenvalue weighted by atomic mass is 10.0. The van der Waals surface area contributed by atoms with Gasteiger partial charge in [0.1, 0.15) is 5.75 Å². The highest BCUT2D eigenvalue weighted by molar-refractivity contribution is 7.89. The Labute approximate surface area is 165 Å². The molecule has 148 valence electrons. The summed E-state index contributed by atoms with van der Waals surface area (Å²) in [5.41, 5.74) is 1.55. The van der Waals surface area contributed by atoms with E-state index in [9.17, 15) is 18.3 Å². The first-order chi connectivity index (χ1) is 13.3. The van der Waals surface area contributed by atoms with Gasteiger partial charge >= 0.3 is 5.97 Å². The van der Waals surface area contributed by atoms with E-state index in [2.05, 4.69) is 0 Å². The van der Waals surface area contributed by atoms with Crippen molar-refractivity contribution in [2.45, 2.75) is 37.2 Å². The highest BCUT2D eigenvalue weighted by atomic mass is 32.2. The van der Waals surface area contributed by atoms with Crippen molar-refractivity contribution in [2.24, 2.45) is 0 Å². The van der Waals surface area contributed by atoms with E-state index in [4.69, 9.17) is 4.74 Å². The Kier molecular flexibility index (Phi) is 5.58. The highest BCUT2D eigenvalue weighted by Gasteiger charge is 2.45. The average molecular weight is 401 g/mol. The normalized spacial score (nSPS) is 20.0. The summed E-state index contributed by atoms with van der Waals surface area (Å²) in [6.45, 7) is 3.72. The predicted octanol–water partition coefficient (Wildman–Crippen LogP) is 3.54. The van der Waals surface area contributed by atoms with Gasteiger partial charge in [-0.15, -0.1) is 0 Å². The summed E-state index contributed by atoms with van der Waals surface area (Å²) in [7, 11) is -2.41. The number of rotatable bonds is 6. The number of hydrogen-bond acceptors (Lipinski definition) is 4. The van der Waals surface area contributed by atoms with Gasteiger partial charge in [0.25, 0.3) is 0 Å². The van der Waals surface area contributed by atoms with Crippen molar-refractivity contribution in [3.05, 3.63) is 71.3 Å². The number of carboxylic acids is 1. The number of benzene rings is 2. The molecule has 2 aromatic rings. The van der Waals surface area contributed by atoms with Gasteiger partial charge in [0.05, 0.1) is 23.6 Å². The number of aliphatic carboxylic acids is 1. The molecule has 28 heavy (non-hydrogen) atoms. The van der Waals surface area contributed by atoms with Crippen LogP contribution < -0.4 is 4.74 Å². The molecule has 0 unspecified atom stereocenters. The Morgan fingerprint density at radius 2 is 1.86 bits per heavy atom. The summed E-state index contributed by atoms with van der Waals surface area (Å²) in [6, 6.07) is 12.0. The fourth-order valence-electron chi connectivity index (χ4n) is 3.47. The van der Waals surface area contributed by atoms with Crippen LogP contribution in [0.5, 0.6) is 5.75 Å². The summed E-state index contributed by atoms with van der Waals surface area (Å²) in [4.78, 5) is 12.1. The van der Waals surface area contributed by atoms with Gasteiger partial charge in [0.15, 0.2) is 0 Å². The Hall–Kier alpha value is -2.64. The molecule has 0 radical (unpaired) electrons. The molecule has 2 aromatic carbocycles. The van der Waals surface area contributed by atoms with Crippen LogP contribution in [-0.4, -0.2) is 37.0 Å². The summed E-state index contributed by atoms with van der Waals surface area (Å²) in [5, 5.41) is 9.75. The molecule has 0 saturated heterocycles. The van der Waals surface area contributed by atoms with Crippen LogP contribution in [0.1, 0.15) is 30.5 Å². The lowest BCUT2D eigenvalue weighted by Gasteiger charge is -2.30. The molecule has 3 rings (SSSR count). The molecule has 1 aliphatic heterocycles. The van der Waals surface area contributed by atoms with E-state index in [-0.39, 0.29) is 10.5 Å². The summed E-state index contributed by atoms with van der Waals surface area (Å²) in [6.07, 6.45) is 2.00. The third-order valence-corrected chi connectivity index (χ3v) is 6.82. The fraction of sp³-hybridized carbons (Fsp3) is 0.286. The Balaban J connectivity index is 2.17. The molecule has 0 bridgehead atoms. The minimum absolute atomic E-state index is 0.0517. The number of carboxylic acid groups (broad SMARTS) is 1. The zero-order chi connectivity index (χ0) is 20.5. The van der Waals surface area contributed by atoms with E-state index in [0.717, 1.165) is 5.56 Å². The molecule has 0 aliphatic carbocycles. The van der Waals surface area contributed by atoms with Gasteiger partial charge in [-0.05, 0) is 43.2 Å². The van der Waals surface area contributed by atoms with Crippen LogP contribution in [0.15, 0.2) is 65.1 Å². The number of nitrogens with zero attached hydrogens (tertiary/aromatic N) is 1. The van der Waals surface area contributed by atoms with Crippen LogP contribution in [-0.2, 0) is 14.8 Å². The van der Waals surface area contributed by atoms with Crippen molar-refractivity contribution in [2.75, 3.05) is 7.11 Å². The van der Waals surface area contributed by atoms with Crippen LogP contribution in [0.3, 0.4) is 0 Å². The molecule has 0 spiro atoms. The first-order valence-electron chi connectivity index (χ1n) is 8.98. The zero-order valence-corrected chi connectivity index (χ0v) is 16.8.